The maximum atomic E-state index is 12.5. The molecule has 10 nitrogen and oxygen atoms in total. The molecule has 176 valence electrons. The van der Waals surface area contributed by atoms with E-state index in [0.717, 1.165) is 49.3 Å². The zero-order valence-electron chi connectivity index (χ0n) is 19.2. The van der Waals surface area contributed by atoms with Crippen molar-refractivity contribution in [2.45, 2.75) is 32.0 Å². The Kier molecular flexibility index (Phi) is 6.64. The maximum absolute atomic E-state index is 12.5. The first-order chi connectivity index (χ1) is 16.6. The molecule has 11 heteroatoms. The summed E-state index contributed by atoms with van der Waals surface area (Å²) in [6, 6.07) is 5.73. The van der Waals surface area contributed by atoms with E-state index in [-0.39, 0.29) is 17.6 Å². The van der Waals surface area contributed by atoms with E-state index in [2.05, 4.69) is 19.9 Å². The SMILES string of the molecule is [B]N(Cc1cc2c(cn1)OCCO2)C1CCN(CCn2c(=O)ccc3cnc(OC)nc32)CC1. The Hall–Kier alpha value is -3.18. The summed E-state index contributed by atoms with van der Waals surface area (Å²) in [4.78, 5) is 29.7. The minimum Gasteiger partial charge on any atom is -0.486 e. The highest BCUT2D eigenvalue weighted by molar-refractivity contribution is 6.04. The number of likely N-dealkylation sites (tertiary alicyclic amines) is 1. The number of rotatable bonds is 7. The van der Waals surface area contributed by atoms with Crippen LogP contribution in [0.5, 0.6) is 17.5 Å². The molecular weight excluding hydrogens is 435 g/mol. The largest absolute Gasteiger partial charge is 0.486 e. The van der Waals surface area contributed by atoms with E-state index in [1.807, 2.05) is 10.9 Å². The second-order valence-electron chi connectivity index (χ2n) is 8.52. The Labute approximate surface area is 198 Å². The van der Waals surface area contributed by atoms with Crippen LogP contribution in [0.1, 0.15) is 18.5 Å². The van der Waals surface area contributed by atoms with Crippen LogP contribution in [0.15, 0.2) is 35.4 Å². The van der Waals surface area contributed by atoms with E-state index in [0.29, 0.717) is 37.7 Å². The molecule has 0 N–H and O–H groups in total. The van der Waals surface area contributed by atoms with Crippen LogP contribution in [0.2, 0.25) is 0 Å². The summed E-state index contributed by atoms with van der Waals surface area (Å²) in [6.45, 7) is 4.77. The zero-order chi connectivity index (χ0) is 23.5. The monoisotopic (exact) mass is 462 g/mol. The first kappa shape index (κ1) is 22.6. The van der Waals surface area contributed by atoms with Gasteiger partial charge in [0.2, 0.25) is 0 Å². The van der Waals surface area contributed by atoms with Gasteiger partial charge in [0.1, 0.15) is 18.9 Å². The standard InChI is InChI=1S/C23H27BN6O4/c1-32-23-26-13-16-2-3-21(31)29(22(16)27-23)9-8-28-6-4-18(5-7-28)30(24)15-17-12-19-20(14-25-17)34-11-10-33-19/h2-3,12-14,18H,4-11,15H2,1H3. The number of pyridine rings is 2. The molecule has 2 aliphatic rings. The summed E-state index contributed by atoms with van der Waals surface area (Å²) in [6.07, 6.45) is 5.27. The summed E-state index contributed by atoms with van der Waals surface area (Å²) in [5.74, 6) is 1.41. The van der Waals surface area contributed by atoms with Crippen LogP contribution in [0, 0.1) is 0 Å². The lowest BCUT2D eigenvalue weighted by molar-refractivity contribution is 0.152. The highest BCUT2D eigenvalue weighted by Gasteiger charge is 2.23. The first-order valence-corrected chi connectivity index (χ1v) is 11.5. The normalized spacial score (nSPS) is 16.8. The van der Waals surface area contributed by atoms with Gasteiger partial charge in [0.15, 0.2) is 19.5 Å². The van der Waals surface area contributed by atoms with Crippen molar-refractivity contribution in [3.05, 3.63) is 46.6 Å². The predicted octanol–water partition coefficient (Wildman–Crippen LogP) is 1.02. The van der Waals surface area contributed by atoms with Crippen LogP contribution in [-0.4, -0.2) is 83.2 Å². The molecule has 0 saturated carbocycles. The van der Waals surface area contributed by atoms with Gasteiger partial charge in [-0.05, 0) is 32.0 Å². The summed E-state index contributed by atoms with van der Waals surface area (Å²) >= 11 is 0. The maximum Gasteiger partial charge on any atom is 0.318 e. The Bertz CT molecular complexity index is 1210. The molecule has 3 aromatic rings. The van der Waals surface area contributed by atoms with Crippen LogP contribution < -0.4 is 19.8 Å². The van der Waals surface area contributed by atoms with E-state index < -0.39 is 0 Å². The van der Waals surface area contributed by atoms with Gasteiger partial charge in [0.05, 0.1) is 19.0 Å². The van der Waals surface area contributed by atoms with E-state index in [4.69, 9.17) is 22.2 Å². The van der Waals surface area contributed by atoms with Gasteiger partial charge in [-0.25, -0.2) is 4.98 Å². The molecule has 1 saturated heterocycles. The number of hydrogen-bond acceptors (Lipinski definition) is 9. The topological polar surface area (TPSA) is 94.8 Å². The summed E-state index contributed by atoms with van der Waals surface area (Å²) in [5.41, 5.74) is 1.37. The van der Waals surface area contributed by atoms with Crippen LogP contribution >= 0.6 is 0 Å². The second kappa shape index (κ2) is 9.98. The second-order valence-corrected chi connectivity index (χ2v) is 8.52. The van der Waals surface area contributed by atoms with Gasteiger partial charge in [0, 0.05) is 49.4 Å². The molecule has 0 bridgehead atoms. The molecule has 2 radical (unpaired) electrons. The van der Waals surface area contributed by atoms with E-state index in [9.17, 15) is 4.79 Å². The number of aromatic nitrogens is 4. The van der Waals surface area contributed by atoms with Crippen molar-refractivity contribution in [2.75, 3.05) is 40.0 Å². The number of fused-ring (bicyclic) bond motifs is 2. The number of hydrogen-bond donors (Lipinski definition) is 0. The summed E-state index contributed by atoms with van der Waals surface area (Å²) in [7, 11) is 7.92. The first-order valence-electron chi connectivity index (χ1n) is 11.5. The quantitative estimate of drug-likeness (QED) is 0.477. The molecule has 0 spiro atoms. The van der Waals surface area contributed by atoms with Crippen molar-refractivity contribution in [3.63, 3.8) is 0 Å². The number of nitrogens with zero attached hydrogens (tertiary/aromatic N) is 6. The summed E-state index contributed by atoms with van der Waals surface area (Å²) < 4.78 is 18.0. The van der Waals surface area contributed by atoms with Crippen molar-refractivity contribution in [3.8, 4) is 17.5 Å². The van der Waals surface area contributed by atoms with Crippen molar-refractivity contribution in [2.24, 2.45) is 0 Å². The van der Waals surface area contributed by atoms with Crippen LogP contribution in [0.4, 0.5) is 0 Å². The van der Waals surface area contributed by atoms with E-state index >= 15 is 0 Å². The van der Waals surface area contributed by atoms with Crippen LogP contribution in [0.25, 0.3) is 11.0 Å². The molecule has 5 rings (SSSR count). The van der Waals surface area contributed by atoms with Crippen LogP contribution in [-0.2, 0) is 13.1 Å². The Morgan fingerprint density at radius 1 is 1.12 bits per heavy atom. The van der Waals surface area contributed by atoms with Gasteiger partial charge < -0.3 is 23.9 Å². The average molecular weight is 462 g/mol. The van der Waals surface area contributed by atoms with Crippen molar-refractivity contribution >= 4 is 19.0 Å². The molecule has 3 aromatic heterocycles. The number of methoxy groups -OCH3 is 1. The molecule has 0 unspecified atom stereocenters. The lowest BCUT2D eigenvalue weighted by Gasteiger charge is -2.37. The van der Waals surface area contributed by atoms with Crippen molar-refractivity contribution in [1.82, 2.24) is 29.2 Å². The fourth-order valence-corrected chi connectivity index (χ4v) is 4.48. The Morgan fingerprint density at radius 2 is 1.91 bits per heavy atom. The van der Waals surface area contributed by atoms with Crippen molar-refractivity contribution in [1.29, 1.82) is 0 Å². The molecule has 0 aromatic carbocycles. The van der Waals surface area contributed by atoms with Gasteiger partial charge in [0.25, 0.3) is 5.56 Å². The predicted molar refractivity (Wildman–Crippen MR) is 126 cm³/mol. The molecule has 0 amide bonds. The molecular formula is C23H27BN6O4. The Balaban J connectivity index is 1.16. The number of piperidine rings is 1. The third-order valence-electron chi connectivity index (χ3n) is 6.38. The van der Waals surface area contributed by atoms with Gasteiger partial charge in [-0.2, -0.15) is 4.98 Å². The molecule has 34 heavy (non-hydrogen) atoms. The van der Waals surface area contributed by atoms with Gasteiger partial charge in [-0.3, -0.25) is 14.3 Å². The average Bonchev–Trinajstić information content (AvgIpc) is 2.88. The van der Waals surface area contributed by atoms with E-state index in [1.165, 1.54) is 7.11 Å². The molecule has 0 aliphatic carbocycles. The summed E-state index contributed by atoms with van der Waals surface area (Å²) in [5, 5.41) is 0.811. The minimum absolute atomic E-state index is 0.0804. The fourth-order valence-electron chi connectivity index (χ4n) is 4.48. The smallest absolute Gasteiger partial charge is 0.318 e. The fraction of sp³-hybridized carbons (Fsp3) is 0.478. The molecule has 2 aliphatic heterocycles. The number of ether oxygens (including phenoxy) is 3. The van der Waals surface area contributed by atoms with Gasteiger partial charge >= 0.3 is 6.01 Å². The van der Waals surface area contributed by atoms with E-state index in [1.54, 1.807) is 29.1 Å². The van der Waals surface area contributed by atoms with Gasteiger partial charge in [-0.15, -0.1) is 0 Å². The van der Waals surface area contributed by atoms with Crippen LogP contribution in [0.3, 0.4) is 0 Å². The highest BCUT2D eigenvalue weighted by atomic mass is 16.6. The third kappa shape index (κ3) is 4.85. The molecule has 0 atom stereocenters. The molecule has 1 fully saturated rings. The highest BCUT2D eigenvalue weighted by Crippen LogP contribution is 2.30. The van der Waals surface area contributed by atoms with Gasteiger partial charge in [-0.1, -0.05) is 0 Å². The van der Waals surface area contributed by atoms with Crippen molar-refractivity contribution < 1.29 is 14.2 Å². The lowest BCUT2D eigenvalue weighted by Crippen LogP contribution is -2.44. The minimum atomic E-state index is -0.0804. The third-order valence-corrected chi connectivity index (χ3v) is 6.38. The zero-order valence-corrected chi connectivity index (χ0v) is 19.2. The lowest BCUT2D eigenvalue weighted by atomic mass is 9.99. The Morgan fingerprint density at radius 3 is 2.71 bits per heavy atom. The molecule has 5 heterocycles.